The van der Waals surface area contributed by atoms with E-state index in [-0.39, 0.29) is 35.7 Å². The topological polar surface area (TPSA) is 108 Å². The van der Waals surface area contributed by atoms with Gasteiger partial charge in [0, 0.05) is 23.4 Å². The van der Waals surface area contributed by atoms with Gasteiger partial charge in [0.15, 0.2) is 5.69 Å². The molecule has 0 unspecified atom stereocenters. The summed E-state index contributed by atoms with van der Waals surface area (Å²) in [6, 6.07) is 19.3. The molecule has 5 rings (SSSR count). The number of ether oxygens (including phenoxy) is 1. The molecule has 0 aliphatic carbocycles. The Kier molecular flexibility index (Phi) is 6.69. The van der Waals surface area contributed by atoms with E-state index in [0.29, 0.717) is 28.3 Å². The molecular weight excluding hydrogens is 533 g/mol. The number of halogens is 3. The van der Waals surface area contributed by atoms with Gasteiger partial charge < -0.3 is 9.64 Å². The quantitative estimate of drug-likeness (QED) is 0.389. The highest BCUT2D eigenvalue weighted by Crippen LogP contribution is 2.36. The lowest BCUT2D eigenvalue weighted by Gasteiger charge is -2.22. The lowest BCUT2D eigenvalue weighted by atomic mass is 10.1. The van der Waals surface area contributed by atoms with Crippen LogP contribution in [0.25, 0.3) is 16.8 Å². The van der Waals surface area contributed by atoms with E-state index >= 15 is 0 Å². The maximum absolute atomic E-state index is 14.0. The van der Waals surface area contributed by atoms with Crippen LogP contribution in [-0.2, 0) is 22.6 Å². The van der Waals surface area contributed by atoms with E-state index in [2.05, 4.69) is 5.10 Å². The number of hydrogen-bond acceptors (Lipinski definition) is 6. The second kappa shape index (κ2) is 9.86. The fraction of sp³-hybridized carbons (Fsp3) is 0.185. The molecule has 0 saturated heterocycles. The summed E-state index contributed by atoms with van der Waals surface area (Å²) < 4.78 is 72.0. The number of hydrogen-bond donors (Lipinski definition) is 1. The van der Waals surface area contributed by atoms with Gasteiger partial charge in [0.05, 0.1) is 24.2 Å². The van der Waals surface area contributed by atoms with E-state index in [1.54, 1.807) is 71.6 Å². The molecule has 2 N–H and O–H groups in total. The molecule has 1 aromatic heterocycles. The number of carbonyl (C=O) groups excluding carboxylic acids is 1. The fourth-order valence-electron chi connectivity index (χ4n) is 4.71. The van der Waals surface area contributed by atoms with Crippen LogP contribution in [0.4, 0.5) is 18.9 Å². The zero-order chi connectivity index (χ0) is 27.9. The van der Waals surface area contributed by atoms with Crippen molar-refractivity contribution in [3.63, 3.8) is 0 Å². The third kappa shape index (κ3) is 5.12. The number of Topliss-reactive ketones (excluding diaryl/α,β-unsaturated/α-hetero) is 1. The number of alkyl halides is 3. The predicted molar refractivity (Wildman–Crippen MR) is 139 cm³/mol. The lowest BCUT2D eigenvalue weighted by Crippen LogP contribution is -2.30. The van der Waals surface area contributed by atoms with Crippen LogP contribution in [0, 0.1) is 0 Å². The number of benzene rings is 3. The highest BCUT2D eigenvalue weighted by Gasteiger charge is 2.41. The summed E-state index contributed by atoms with van der Waals surface area (Å²) in [5.74, 6) is 0.00522. The standard InChI is InChI=1S/C27H23F3N4O4S/c1-38-20-12-10-19(11-13-20)34-25-22(26(32-34)27(28,29)30)14-15-33(16-23(25)35)18-8-6-17(7-9-18)21-4-2-3-5-24(21)39(31,36)37/h2-13H,14-16H2,1H3,(H2,31,36,37). The fourth-order valence-corrected chi connectivity index (χ4v) is 5.47. The van der Waals surface area contributed by atoms with Crippen LogP contribution in [0.15, 0.2) is 77.7 Å². The first-order valence-corrected chi connectivity index (χ1v) is 13.4. The van der Waals surface area contributed by atoms with Gasteiger partial charge in [-0.05, 0) is 54.4 Å². The molecule has 0 spiro atoms. The number of anilines is 1. The Morgan fingerprint density at radius 2 is 1.59 bits per heavy atom. The highest BCUT2D eigenvalue weighted by atomic mass is 32.2. The molecule has 0 fully saturated rings. The molecule has 8 nitrogen and oxygen atoms in total. The molecule has 0 saturated carbocycles. The zero-order valence-corrected chi connectivity index (χ0v) is 21.5. The summed E-state index contributed by atoms with van der Waals surface area (Å²) >= 11 is 0. The minimum absolute atomic E-state index is 0.0269. The Morgan fingerprint density at radius 1 is 0.949 bits per heavy atom. The third-order valence-corrected chi connectivity index (χ3v) is 7.51. The highest BCUT2D eigenvalue weighted by molar-refractivity contribution is 7.89. The maximum atomic E-state index is 14.0. The smallest absolute Gasteiger partial charge is 0.435 e. The minimum Gasteiger partial charge on any atom is -0.497 e. The van der Waals surface area contributed by atoms with Gasteiger partial charge in [0.25, 0.3) is 0 Å². The van der Waals surface area contributed by atoms with Crippen LogP contribution < -0.4 is 14.8 Å². The van der Waals surface area contributed by atoms with Crippen molar-refractivity contribution in [1.82, 2.24) is 9.78 Å². The number of ketones is 1. The van der Waals surface area contributed by atoms with Crippen molar-refractivity contribution >= 4 is 21.5 Å². The number of fused-ring (bicyclic) bond motifs is 1. The van der Waals surface area contributed by atoms with Gasteiger partial charge in [-0.15, -0.1) is 0 Å². The largest absolute Gasteiger partial charge is 0.497 e. The Hall–Kier alpha value is -4.16. The van der Waals surface area contributed by atoms with Crippen molar-refractivity contribution in [3.8, 4) is 22.6 Å². The van der Waals surface area contributed by atoms with Crippen LogP contribution in [-0.4, -0.2) is 44.2 Å². The van der Waals surface area contributed by atoms with Gasteiger partial charge >= 0.3 is 6.18 Å². The van der Waals surface area contributed by atoms with Crippen LogP contribution >= 0.6 is 0 Å². The second-order valence-electron chi connectivity index (χ2n) is 8.97. The van der Waals surface area contributed by atoms with Crippen molar-refractivity contribution < 1.29 is 31.1 Å². The first-order valence-electron chi connectivity index (χ1n) is 11.8. The number of rotatable bonds is 5. The Morgan fingerprint density at radius 3 is 2.21 bits per heavy atom. The number of nitrogens with zero attached hydrogens (tertiary/aromatic N) is 3. The average Bonchev–Trinajstić information content (AvgIpc) is 3.23. The second-order valence-corrected chi connectivity index (χ2v) is 10.5. The van der Waals surface area contributed by atoms with Gasteiger partial charge in [0.2, 0.25) is 15.8 Å². The molecule has 1 aliphatic heterocycles. The van der Waals surface area contributed by atoms with E-state index in [1.807, 2.05) is 0 Å². The number of methoxy groups -OCH3 is 1. The van der Waals surface area contributed by atoms with E-state index in [4.69, 9.17) is 9.88 Å². The van der Waals surface area contributed by atoms with Gasteiger partial charge in [-0.3, -0.25) is 4.79 Å². The van der Waals surface area contributed by atoms with Crippen molar-refractivity contribution in [1.29, 1.82) is 0 Å². The Labute approximate surface area is 222 Å². The summed E-state index contributed by atoms with van der Waals surface area (Å²) in [5, 5.41) is 9.15. The van der Waals surface area contributed by atoms with Gasteiger partial charge in [-0.2, -0.15) is 18.3 Å². The van der Waals surface area contributed by atoms with Crippen LogP contribution in [0.5, 0.6) is 5.75 Å². The molecule has 0 atom stereocenters. The van der Waals surface area contributed by atoms with Gasteiger partial charge in [0.1, 0.15) is 11.4 Å². The number of primary sulfonamides is 1. The van der Waals surface area contributed by atoms with Gasteiger partial charge in [-0.25, -0.2) is 18.2 Å². The van der Waals surface area contributed by atoms with E-state index < -0.39 is 27.7 Å². The van der Waals surface area contributed by atoms with E-state index in [1.165, 1.54) is 13.2 Å². The number of carbonyl (C=O) groups is 1. The number of nitrogens with two attached hydrogens (primary N) is 1. The molecule has 3 aromatic carbocycles. The van der Waals surface area contributed by atoms with Crippen LogP contribution in [0.3, 0.4) is 0 Å². The number of sulfonamides is 1. The molecule has 0 bridgehead atoms. The molecule has 39 heavy (non-hydrogen) atoms. The van der Waals surface area contributed by atoms with Gasteiger partial charge in [-0.1, -0.05) is 30.3 Å². The normalized spacial score (nSPS) is 14.2. The predicted octanol–water partition coefficient (Wildman–Crippen LogP) is 4.46. The zero-order valence-electron chi connectivity index (χ0n) is 20.6. The lowest BCUT2D eigenvalue weighted by molar-refractivity contribution is -0.141. The van der Waals surface area contributed by atoms with Crippen LogP contribution in [0.1, 0.15) is 21.7 Å². The molecule has 202 valence electrons. The Balaban J connectivity index is 1.49. The third-order valence-electron chi connectivity index (χ3n) is 6.54. The molecule has 0 amide bonds. The summed E-state index contributed by atoms with van der Waals surface area (Å²) in [5.41, 5.74) is 0.573. The Bertz CT molecular complexity index is 1650. The molecule has 2 heterocycles. The van der Waals surface area contributed by atoms with Crippen molar-refractivity contribution in [3.05, 3.63) is 89.7 Å². The summed E-state index contributed by atoms with van der Waals surface area (Å²) in [7, 11) is -2.49. The number of aromatic nitrogens is 2. The minimum atomic E-state index is -4.74. The first-order chi connectivity index (χ1) is 18.5. The van der Waals surface area contributed by atoms with Crippen molar-refractivity contribution in [2.75, 3.05) is 25.1 Å². The van der Waals surface area contributed by atoms with Crippen molar-refractivity contribution in [2.24, 2.45) is 5.14 Å². The summed E-state index contributed by atoms with van der Waals surface area (Å²) in [4.78, 5) is 15.1. The monoisotopic (exact) mass is 556 g/mol. The molecular formula is C27H23F3N4O4S. The maximum Gasteiger partial charge on any atom is 0.435 e. The summed E-state index contributed by atoms with van der Waals surface area (Å²) in [6.45, 7) is -0.0253. The summed E-state index contributed by atoms with van der Waals surface area (Å²) in [6.07, 6.45) is -4.79. The van der Waals surface area contributed by atoms with Crippen molar-refractivity contribution in [2.45, 2.75) is 17.5 Å². The average molecular weight is 557 g/mol. The molecule has 1 aliphatic rings. The first kappa shape index (κ1) is 26.4. The van der Waals surface area contributed by atoms with E-state index in [0.717, 1.165) is 4.68 Å². The molecule has 12 heteroatoms. The van der Waals surface area contributed by atoms with Crippen LogP contribution in [0.2, 0.25) is 0 Å². The van der Waals surface area contributed by atoms with E-state index in [9.17, 15) is 26.4 Å². The molecule has 0 radical (unpaired) electrons. The molecule has 4 aromatic rings. The SMILES string of the molecule is COc1ccc(-n2nc(C(F)(F)F)c3c2C(=O)CN(c2ccc(-c4ccccc4S(N)(=O)=O)cc2)CC3)cc1.